The van der Waals surface area contributed by atoms with Gasteiger partial charge in [-0.25, -0.2) is 0 Å². The normalized spacial score (nSPS) is 19.7. The molecule has 4 heteroatoms. The van der Waals surface area contributed by atoms with Crippen LogP contribution in [0.15, 0.2) is 125 Å². The molecule has 0 unspecified atom stereocenters. The zero-order chi connectivity index (χ0) is 37.5. The topological polar surface area (TPSA) is 9.72 Å². The maximum absolute atomic E-state index is 7.40. The summed E-state index contributed by atoms with van der Waals surface area (Å²) in [5.74, 6) is 0. The van der Waals surface area contributed by atoms with Crippen molar-refractivity contribution >= 4 is 44.4 Å². The Kier molecular flexibility index (Phi) is 10.7. The summed E-state index contributed by atoms with van der Waals surface area (Å²) in [6, 6.07) is 27.1. The quantitative estimate of drug-likeness (QED) is 0.153. The highest BCUT2D eigenvalue weighted by molar-refractivity contribution is 6.32. The summed E-state index contributed by atoms with van der Waals surface area (Å²) in [6.07, 6.45) is 15.9. The van der Waals surface area contributed by atoms with Crippen molar-refractivity contribution in [1.82, 2.24) is 9.80 Å². The van der Waals surface area contributed by atoms with E-state index in [0.717, 1.165) is 63.2 Å². The van der Waals surface area contributed by atoms with E-state index in [0.29, 0.717) is 0 Å². The zero-order valence-electron chi connectivity index (χ0n) is 33.3. The number of fused-ring (bicyclic) bond motifs is 6. The Hall–Kier alpha value is -3.89. The molecule has 4 aromatic carbocycles. The monoisotopic (exact) mass is 723 g/mol. The molecule has 0 atom stereocenters. The van der Waals surface area contributed by atoms with Crippen molar-refractivity contribution in [3.8, 4) is 0 Å². The van der Waals surface area contributed by atoms with Gasteiger partial charge in [-0.2, -0.15) is 0 Å². The van der Waals surface area contributed by atoms with E-state index in [1.54, 1.807) is 0 Å². The van der Waals surface area contributed by atoms with E-state index < -0.39 is 0 Å². The van der Waals surface area contributed by atoms with Crippen molar-refractivity contribution in [3.63, 3.8) is 0 Å². The Morgan fingerprint density at radius 2 is 1.34 bits per heavy atom. The van der Waals surface area contributed by atoms with Gasteiger partial charge in [0.05, 0.1) is 0 Å². The first-order valence-electron chi connectivity index (χ1n) is 19.7. The van der Waals surface area contributed by atoms with Gasteiger partial charge >= 0.3 is 0 Å². The molecule has 0 radical (unpaired) electrons. The van der Waals surface area contributed by atoms with Gasteiger partial charge in [-0.15, -0.1) is 0 Å². The zero-order valence-corrected chi connectivity index (χ0v) is 34.1. The molecule has 0 saturated heterocycles. The van der Waals surface area contributed by atoms with Gasteiger partial charge in [0, 0.05) is 33.8 Å². The Morgan fingerprint density at radius 1 is 0.698 bits per heavy atom. The third-order valence-electron chi connectivity index (χ3n) is 12.0. The first-order valence-corrected chi connectivity index (χ1v) is 20.1. The largest absolute Gasteiger partial charge is 0.344 e. The highest BCUT2D eigenvalue weighted by Crippen LogP contribution is 2.52. The Labute approximate surface area is 324 Å². The van der Waals surface area contributed by atoms with E-state index in [-0.39, 0.29) is 10.8 Å². The van der Waals surface area contributed by atoms with Crippen LogP contribution in [0.1, 0.15) is 82.9 Å². The molecule has 0 bridgehead atoms. The lowest BCUT2D eigenvalue weighted by molar-refractivity contribution is 0.401. The highest BCUT2D eigenvalue weighted by Gasteiger charge is 2.41. The minimum atomic E-state index is -0.137. The Morgan fingerprint density at radius 3 is 2.04 bits per heavy atom. The molecule has 0 fully saturated rings. The summed E-state index contributed by atoms with van der Waals surface area (Å²) in [4.78, 5) is 7.16. The van der Waals surface area contributed by atoms with Crippen molar-refractivity contribution in [3.05, 3.63) is 141 Å². The number of rotatable bonds is 11. The van der Waals surface area contributed by atoms with Gasteiger partial charge in [-0.05, 0) is 152 Å². The fourth-order valence-electron chi connectivity index (χ4n) is 9.40. The van der Waals surface area contributed by atoms with Gasteiger partial charge < -0.3 is 14.7 Å². The molecule has 3 nitrogen and oxygen atoms in total. The van der Waals surface area contributed by atoms with Crippen LogP contribution in [0, 0.1) is 0 Å². The average molecular weight is 724 g/mol. The van der Waals surface area contributed by atoms with Crippen LogP contribution in [-0.4, -0.2) is 57.6 Å². The molecule has 7 rings (SSSR count). The second-order valence-corrected chi connectivity index (χ2v) is 17.4. The van der Waals surface area contributed by atoms with E-state index in [1.807, 2.05) is 0 Å². The SMILES string of the molecule is CN(C)CCCC1=C(/C=C/C2=C(Cl)C(=C/C=C3/N(CCCN(C)C)c4ccc5ccccc5c4C3(C)C)/CCC2)C(C)(C)c2c1ccc1ccccc21. The van der Waals surface area contributed by atoms with E-state index >= 15 is 0 Å². The summed E-state index contributed by atoms with van der Waals surface area (Å²) in [5, 5.41) is 6.27. The molecule has 0 N–H and O–H groups in total. The number of benzene rings is 4. The third kappa shape index (κ3) is 7.09. The van der Waals surface area contributed by atoms with Crippen LogP contribution in [0.2, 0.25) is 0 Å². The third-order valence-corrected chi connectivity index (χ3v) is 12.5. The van der Waals surface area contributed by atoms with Gasteiger partial charge in [0.25, 0.3) is 0 Å². The molecular formula is C49H58ClN3. The van der Waals surface area contributed by atoms with Crippen molar-refractivity contribution in [2.75, 3.05) is 52.7 Å². The van der Waals surface area contributed by atoms with Crippen LogP contribution in [0.4, 0.5) is 5.69 Å². The van der Waals surface area contributed by atoms with Crippen LogP contribution in [0.25, 0.3) is 27.1 Å². The predicted octanol–water partition coefficient (Wildman–Crippen LogP) is 12.2. The molecule has 3 aliphatic rings. The average Bonchev–Trinajstić information content (AvgIpc) is 3.48. The van der Waals surface area contributed by atoms with Crippen LogP contribution >= 0.6 is 11.6 Å². The molecule has 4 aromatic rings. The second kappa shape index (κ2) is 15.1. The van der Waals surface area contributed by atoms with E-state index in [2.05, 4.69) is 168 Å². The Balaban J connectivity index is 1.25. The van der Waals surface area contributed by atoms with Crippen molar-refractivity contribution in [2.24, 2.45) is 0 Å². The summed E-state index contributed by atoms with van der Waals surface area (Å²) in [7, 11) is 8.67. The molecule has 0 aromatic heterocycles. The lowest BCUT2D eigenvalue weighted by Gasteiger charge is -2.28. The maximum Gasteiger partial charge on any atom is 0.0469 e. The fourth-order valence-corrected chi connectivity index (χ4v) is 9.71. The van der Waals surface area contributed by atoms with E-state index in [9.17, 15) is 0 Å². The van der Waals surface area contributed by atoms with Gasteiger partial charge in [0.15, 0.2) is 0 Å². The molecule has 0 saturated carbocycles. The number of hydrogen-bond acceptors (Lipinski definition) is 3. The van der Waals surface area contributed by atoms with Crippen molar-refractivity contribution in [2.45, 2.75) is 77.0 Å². The maximum atomic E-state index is 7.40. The van der Waals surface area contributed by atoms with Crippen LogP contribution < -0.4 is 4.90 Å². The summed E-state index contributed by atoms with van der Waals surface area (Å²) < 4.78 is 0. The first kappa shape index (κ1) is 37.4. The fraction of sp³-hybridized carbons (Fsp3) is 0.388. The van der Waals surface area contributed by atoms with Crippen molar-refractivity contribution < 1.29 is 0 Å². The van der Waals surface area contributed by atoms with Gasteiger partial charge in [0.1, 0.15) is 0 Å². The van der Waals surface area contributed by atoms with Crippen molar-refractivity contribution in [1.29, 1.82) is 0 Å². The lowest BCUT2D eigenvalue weighted by Crippen LogP contribution is -2.28. The number of halogens is 1. The second-order valence-electron chi connectivity index (χ2n) is 17.0. The van der Waals surface area contributed by atoms with Crippen LogP contribution in [0.5, 0.6) is 0 Å². The highest BCUT2D eigenvalue weighted by atomic mass is 35.5. The van der Waals surface area contributed by atoms with E-state index in [4.69, 9.17) is 11.6 Å². The molecule has 0 spiro atoms. The van der Waals surface area contributed by atoms with E-state index in [1.165, 1.54) is 71.9 Å². The standard InChI is InChI=1S/C49H58ClN3/c1-48(2)42(40(22-14-31-51(5)6)41-27-23-34-16-9-11-20-38(34)45(41)48)28-24-36-18-13-19-37(47(36)50)26-30-44-49(3,4)46-39-21-12-10-17-35(39)25-29-43(46)53(44)33-15-32-52(7)8/h9-12,16-17,20-21,23-30H,13-15,18-19,22,31-33H2,1-8H3/b28-24+,37-26+,44-30+. The number of hydrogen-bond donors (Lipinski definition) is 0. The summed E-state index contributed by atoms with van der Waals surface area (Å²) in [5.41, 5.74) is 12.2. The minimum Gasteiger partial charge on any atom is -0.344 e. The van der Waals surface area contributed by atoms with Crippen LogP contribution in [0.3, 0.4) is 0 Å². The van der Waals surface area contributed by atoms with Gasteiger partial charge in [0.2, 0.25) is 0 Å². The smallest absolute Gasteiger partial charge is 0.0469 e. The van der Waals surface area contributed by atoms with Crippen LogP contribution in [-0.2, 0) is 10.8 Å². The Bertz CT molecular complexity index is 2190. The summed E-state index contributed by atoms with van der Waals surface area (Å²) >= 11 is 7.40. The van der Waals surface area contributed by atoms with Gasteiger partial charge in [-0.1, -0.05) is 124 Å². The summed E-state index contributed by atoms with van der Waals surface area (Å²) in [6.45, 7) is 12.8. The minimum absolute atomic E-state index is 0.103. The predicted molar refractivity (Wildman–Crippen MR) is 231 cm³/mol. The first-order chi connectivity index (χ1) is 25.4. The molecule has 1 heterocycles. The number of nitrogens with zero attached hydrogens (tertiary/aromatic N) is 3. The number of anilines is 1. The molecule has 0 amide bonds. The molecule has 1 aliphatic heterocycles. The molecular weight excluding hydrogens is 666 g/mol. The molecule has 53 heavy (non-hydrogen) atoms. The molecule has 276 valence electrons. The van der Waals surface area contributed by atoms with Gasteiger partial charge in [-0.3, -0.25) is 0 Å². The number of allylic oxidation sites excluding steroid dienone is 10. The lowest BCUT2D eigenvalue weighted by atomic mass is 9.78. The molecule has 2 aliphatic carbocycles.